The van der Waals surface area contributed by atoms with Crippen molar-refractivity contribution < 1.29 is 9.32 Å². The zero-order chi connectivity index (χ0) is 19.7. The molecule has 0 amide bonds. The lowest BCUT2D eigenvalue weighted by Gasteiger charge is -2.34. The van der Waals surface area contributed by atoms with Gasteiger partial charge in [0.1, 0.15) is 5.76 Å². The Balaban J connectivity index is 1.42. The van der Waals surface area contributed by atoms with Gasteiger partial charge in [0.15, 0.2) is 11.6 Å². The van der Waals surface area contributed by atoms with Gasteiger partial charge in [-0.3, -0.25) is 14.3 Å². The predicted octanol–water partition coefficient (Wildman–Crippen LogP) is 2.19. The number of aromatic nitrogens is 4. The molecule has 146 valence electrons. The largest absolute Gasteiger partial charge is 0.360 e. The lowest BCUT2D eigenvalue weighted by atomic mass is 10.1. The highest BCUT2D eigenvalue weighted by molar-refractivity contribution is 5.99. The van der Waals surface area contributed by atoms with Crippen LogP contribution in [0.3, 0.4) is 0 Å². The van der Waals surface area contributed by atoms with Gasteiger partial charge in [-0.2, -0.15) is 0 Å². The molecular weight excluding hydrogens is 356 g/mol. The van der Waals surface area contributed by atoms with E-state index in [1.807, 2.05) is 43.5 Å². The second-order valence-corrected chi connectivity index (χ2v) is 7.15. The van der Waals surface area contributed by atoms with E-state index in [-0.39, 0.29) is 5.78 Å². The lowest BCUT2D eigenvalue weighted by Crippen LogP contribution is -2.48. The second kappa shape index (κ2) is 7.55. The fourth-order valence-electron chi connectivity index (χ4n) is 3.71. The predicted molar refractivity (Wildman–Crippen MR) is 105 cm³/mol. The number of aryl methyl sites for hydroxylation is 2. The molecule has 0 atom stereocenters. The number of piperazine rings is 1. The minimum Gasteiger partial charge on any atom is -0.360 e. The van der Waals surface area contributed by atoms with Gasteiger partial charge in [-0.15, -0.1) is 0 Å². The topological polar surface area (TPSA) is 80.3 Å². The van der Waals surface area contributed by atoms with Crippen molar-refractivity contribution >= 4 is 11.7 Å². The van der Waals surface area contributed by atoms with E-state index in [1.54, 1.807) is 12.4 Å². The third-order valence-electron chi connectivity index (χ3n) is 5.15. The van der Waals surface area contributed by atoms with Crippen LogP contribution in [0.25, 0.3) is 5.82 Å². The summed E-state index contributed by atoms with van der Waals surface area (Å²) in [4.78, 5) is 25.9. The summed E-state index contributed by atoms with van der Waals surface area (Å²) in [6.45, 7) is 9.45. The molecule has 4 heterocycles. The smallest absolute Gasteiger partial charge is 0.225 e. The third kappa shape index (κ3) is 3.55. The lowest BCUT2D eigenvalue weighted by molar-refractivity contribution is 0.0925. The number of anilines is 1. The van der Waals surface area contributed by atoms with Crippen LogP contribution in [0.5, 0.6) is 0 Å². The summed E-state index contributed by atoms with van der Waals surface area (Å²) in [5, 5.41) is 4.08. The molecule has 3 aromatic rings. The minimum absolute atomic E-state index is 0.129. The zero-order valence-electron chi connectivity index (χ0n) is 16.4. The summed E-state index contributed by atoms with van der Waals surface area (Å²) in [5.74, 6) is 2.34. The molecule has 8 nitrogen and oxygen atoms in total. The van der Waals surface area contributed by atoms with E-state index in [2.05, 4.69) is 24.9 Å². The monoisotopic (exact) mass is 380 g/mol. The molecule has 0 spiro atoms. The van der Waals surface area contributed by atoms with Gasteiger partial charge in [-0.1, -0.05) is 5.16 Å². The van der Waals surface area contributed by atoms with Gasteiger partial charge in [-0.05, 0) is 32.9 Å². The van der Waals surface area contributed by atoms with Crippen molar-refractivity contribution in [2.75, 3.05) is 37.6 Å². The first kappa shape index (κ1) is 18.4. The van der Waals surface area contributed by atoms with Crippen LogP contribution >= 0.6 is 0 Å². The number of ketones is 1. The Bertz CT molecular complexity index is 970. The van der Waals surface area contributed by atoms with Crippen molar-refractivity contribution in [3.8, 4) is 5.82 Å². The van der Waals surface area contributed by atoms with Crippen LogP contribution in [0.1, 0.15) is 27.5 Å². The number of hydrogen-bond acceptors (Lipinski definition) is 7. The highest BCUT2D eigenvalue weighted by Crippen LogP contribution is 2.21. The Labute approximate surface area is 163 Å². The first-order valence-electron chi connectivity index (χ1n) is 9.43. The van der Waals surface area contributed by atoms with E-state index in [4.69, 9.17) is 4.52 Å². The van der Waals surface area contributed by atoms with Crippen LogP contribution in [0.2, 0.25) is 0 Å². The van der Waals surface area contributed by atoms with Gasteiger partial charge in [-0.25, -0.2) is 9.97 Å². The van der Waals surface area contributed by atoms with E-state index < -0.39 is 0 Å². The molecule has 4 rings (SSSR count). The maximum atomic E-state index is 13.0. The highest BCUT2D eigenvalue weighted by Gasteiger charge is 2.23. The first-order valence-corrected chi connectivity index (χ1v) is 9.43. The van der Waals surface area contributed by atoms with Gasteiger partial charge in [0.25, 0.3) is 0 Å². The fourth-order valence-corrected chi connectivity index (χ4v) is 3.71. The third-order valence-corrected chi connectivity index (χ3v) is 5.15. The number of nitrogens with zero attached hydrogens (tertiary/aromatic N) is 6. The van der Waals surface area contributed by atoms with Crippen molar-refractivity contribution in [1.29, 1.82) is 0 Å². The molecule has 1 aliphatic heterocycles. The SMILES string of the molecule is Cc1cc(-n2c(C)cc(C(=O)CN3CCN(c4ncccn4)CC3)c2C)no1. The normalized spacial score (nSPS) is 15.2. The number of carbonyl (C=O) groups is 1. The Morgan fingerprint density at radius 3 is 2.43 bits per heavy atom. The van der Waals surface area contributed by atoms with E-state index in [0.29, 0.717) is 12.4 Å². The molecule has 1 saturated heterocycles. The van der Waals surface area contributed by atoms with Crippen LogP contribution in [-0.4, -0.2) is 63.1 Å². The van der Waals surface area contributed by atoms with Crippen LogP contribution < -0.4 is 4.90 Å². The maximum absolute atomic E-state index is 13.0. The van der Waals surface area contributed by atoms with Crippen molar-refractivity contribution in [1.82, 2.24) is 24.6 Å². The van der Waals surface area contributed by atoms with Gasteiger partial charge < -0.3 is 9.42 Å². The van der Waals surface area contributed by atoms with Crippen LogP contribution in [-0.2, 0) is 0 Å². The van der Waals surface area contributed by atoms with E-state index in [0.717, 1.165) is 54.8 Å². The molecule has 0 radical (unpaired) electrons. The standard InChI is InChI=1S/C20H24N6O2/c1-14-11-17(16(3)26(14)19-12-15(2)28-23-19)18(27)13-24-7-9-25(10-8-24)20-21-5-4-6-22-20/h4-6,11-12H,7-10,13H2,1-3H3. The second-order valence-electron chi connectivity index (χ2n) is 7.15. The Morgan fingerprint density at radius 2 is 1.79 bits per heavy atom. The van der Waals surface area contributed by atoms with E-state index >= 15 is 0 Å². The number of hydrogen-bond donors (Lipinski definition) is 0. The zero-order valence-corrected chi connectivity index (χ0v) is 16.4. The molecule has 0 N–H and O–H groups in total. The van der Waals surface area contributed by atoms with Crippen LogP contribution in [0.4, 0.5) is 5.95 Å². The number of Topliss-reactive ketones (excluding diaryl/α,β-unsaturated/α-hetero) is 1. The Morgan fingerprint density at radius 1 is 1.07 bits per heavy atom. The summed E-state index contributed by atoms with van der Waals surface area (Å²) in [6.07, 6.45) is 3.51. The number of carbonyl (C=O) groups excluding carboxylic acids is 1. The molecule has 0 saturated carbocycles. The van der Waals surface area contributed by atoms with Gasteiger partial charge in [0.05, 0.1) is 6.54 Å². The molecule has 1 aliphatic rings. The van der Waals surface area contributed by atoms with Crippen molar-refractivity contribution in [2.45, 2.75) is 20.8 Å². The van der Waals surface area contributed by atoms with Crippen LogP contribution in [0, 0.1) is 20.8 Å². The van der Waals surface area contributed by atoms with Gasteiger partial charge in [0.2, 0.25) is 5.95 Å². The average Bonchev–Trinajstić information content (AvgIpc) is 3.25. The highest BCUT2D eigenvalue weighted by atomic mass is 16.5. The quantitative estimate of drug-likeness (QED) is 0.628. The van der Waals surface area contributed by atoms with Crippen LogP contribution in [0.15, 0.2) is 35.1 Å². The van der Waals surface area contributed by atoms with E-state index in [9.17, 15) is 4.79 Å². The molecule has 3 aromatic heterocycles. The number of rotatable bonds is 5. The Hall–Kier alpha value is -3.00. The van der Waals surface area contributed by atoms with Crippen molar-refractivity contribution in [2.24, 2.45) is 0 Å². The van der Waals surface area contributed by atoms with Crippen molar-refractivity contribution in [3.05, 3.63) is 53.3 Å². The van der Waals surface area contributed by atoms with Gasteiger partial charge in [0, 0.05) is 61.6 Å². The summed E-state index contributed by atoms with van der Waals surface area (Å²) in [5.41, 5.74) is 2.61. The fraction of sp³-hybridized carbons (Fsp3) is 0.400. The summed E-state index contributed by atoms with van der Waals surface area (Å²) in [7, 11) is 0. The van der Waals surface area contributed by atoms with Gasteiger partial charge >= 0.3 is 0 Å². The molecule has 28 heavy (non-hydrogen) atoms. The molecule has 8 heteroatoms. The molecule has 0 bridgehead atoms. The summed E-state index contributed by atoms with van der Waals surface area (Å²) in [6, 6.07) is 5.63. The maximum Gasteiger partial charge on any atom is 0.225 e. The minimum atomic E-state index is 0.129. The summed E-state index contributed by atoms with van der Waals surface area (Å²) < 4.78 is 7.15. The molecule has 1 fully saturated rings. The van der Waals surface area contributed by atoms with E-state index in [1.165, 1.54) is 0 Å². The molecule has 0 aliphatic carbocycles. The summed E-state index contributed by atoms with van der Waals surface area (Å²) >= 11 is 0. The average molecular weight is 380 g/mol. The molecule has 0 aromatic carbocycles. The van der Waals surface area contributed by atoms with Crippen molar-refractivity contribution in [3.63, 3.8) is 0 Å². The molecule has 0 unspecified atom stereocenters. The molecular formula is C20H24N6O2. The first-order chi connectivity index (χ1) is 13.5. The Kier molecular flexibility index (Phi) is 4.95.